The second kappa shape index (κ2) is 3.27. The summed E-state index contributed by atoms with van der Waals surface area (Å²) >= 11 is 0. The van der Waals surface area contributed by atoms with Crippen LogP contribution in [0.5, 0.6) is 5.75 Å². The lowest BCUT2D eigenvalue weighted by atomic mass is 10.2. The van der Waals surface area contributed by atoms with Crippen LogP contribution in [0.1, 0.15) is 11.5 Å². The van der Waals surface area contributed by atoms with Crippen LogP contribution in [0.2, 0.25) is 0 Å². The van der Waals surface area contributed by atoms with E-state index in [2.05, 4.69) is 10.2 Å². The van der Waals surface area contributed by atoms with Crippen molar-refractivity contribution in [2.75, 3.05) is 0 Å². The fourth-order valence-electron chi connectivity index (χ4n) is 1.36. The van der Waals surface area contributed by atoms with Crippen LogP contribution in [0.15, 0.2) is 21.3 Å². The molecule has 78 valence electrons. The Kier molecular flexibility index (Phi) is 2.07. The summed E-state index contributed by atoms with van der Waals surface area (Å²) in [6.45, 7) is 3.35. The molecule has 0 saturated heterocycles. The maximum atomic E-state index is 11.6. The number of rotatable bonds is 1. The molecule has 2 aromatic rings. The van der Waals surface area contributed by atoms with Crippen LogP contribution in [-0.2, 0) is 0 Å². The molecule has 2 aromatic heterocycles. The lowest BCUT2D eigenvalue weighted by molar-refractivity contribution is -0.267. The Morgan fingerprint density at radius 2 is 2.13 bits per heavy atom. The molecule has 0 amide bonds. The molecule has 2 heterocycles. The van der Waals surface area contributed by atoms with Gasteiger partial charge in [0.05, 0.1) is 11.3 Å². The Hall–Kier alpha value is -2.04. The van der Waals surface area contributed by atoms with Crippen LogP contribution < -0.4 is 10.7 Å². The summed E-state index contributed by atoms with van der Waals surface area (Å²) in [5.74, 6) is -0.0590. The van der Waals surface area contributed by atoms with Gasteiger partial charge in [0.1, 0.15) is 5.76 Å². The SMILES string of the molecule is Cc1cc(-c2c([O-])cc(C)oc2=O)n[nH]1. The van der Waals surface area contributed by atoms with Gasteiger partial charge < -0.3 is 9.52 Å². The molecule has 0 aliphatic carbocycles. The van der Waals surface area contributed by atoms with Gasteiger partial charge in [-0.2, -0.15) is 5.10 Å². The van der Waals surface area contributed by atoms with Crippen LogP contribution in [0.3, 0.4) is 0 Å². The van der Waals surface area contributed by atoms with Gasteiger partial charge >= 0.3 is 5.63 Å². The molecule has 0 saturated carbocycles. The summed E-state index contributed by atoms with van der Waals surface area (Å²) in [6.07, 6.45) is 0. The standard InChI is InChI=1S/C10H10N2O3/c1-5-3-7(12-11-5)9-8(13)4-6(2)15-10(9)14/h3-4,13H,1-2H3,(H,11,12)/p-1. The van der Waals surface area contributed by atoms with Crippen molar-refractivity contribution in [3.8, 4) is 17.0 Å². The molecule has 0 atom stereocenters. The van der Waals surface area contributed by atoms with Crippen LogP contribution >= 0.6 is 0 Å². The monoisotopic (exact) mass is 205 g/mol. The zero-order chi connectivity index (χ0) is 11.0. The predicted molar refractivity (Wildman–Crippen MR) is 51.5 cm³/mol. The first kappa shape index (κ1) is 9.51. The molecule has 0 aliphatic rings. The fourth-order valence-corrected chi connectivity index (χ4v) is 1.36. The number of hydrogen-bond donors (Lipinski definition) is 1. The number of H-pyrrole nitrogens is 1. The minimum atomic E-state index is -0.647. The van der Waals surface area contributed by atoms with E-state index in [1.54, 1.807) is 19.9 Å². The van der Waals surface area contributed by atoms with E-state index < -0.39 is 5.63 Å². The molecular weight excluding hydrogens is 196 g/mol. The Morgan fingerprint density at radius 1 is 1.40 bits per heavy atom. The highest BCUT2D eigenvalue weighted by Crippen LogP contribution is 2.22. The van der Waals surface area contributed by atoms with Crippen molar-refractivity contribution >= 4 is 0 Å². The van der Waals surface area contributed by atoms with Crippen LogP contribution in [-0.4, -0.2) is 10.2 Å². The van der Waals surface area contributed by atoms with E-state index in [1.807, 2.05) is 0 Å². The molecule has 2 rings (SSSR count). The van der Waals surface area contributed by atoms with Crippen molar-refractivity contribution in [1.29, 1.82) is 0 Å². The van der Waals surface area contributed by atoms with E-state index in [9.17, 15) is 9.90 Å². The predicted octanol–water partition coefficient (Wildman–Crippen LogP) is 0.720. The Morgan fingerprint density at radius 3 is 2.67 bits per heavy atom. The average Bonchev–Trinajstić information content (AvgIpc) is 2.49. The van der Waals surface area contributed by atoms with E-state index in [4.69, 9.17) is 4.42 Å². The summed E-state index contributed by atoms with van der Waals surface area (Å²) in [5, 5.41) is 18.1. The number of nitrogens with zero attached hydrogens (tertiary/aromatic N) is 1. The Balaban J connectivity index is 2.68. The minimum Gasteiger partial charge on any atom is -0.872 e. The van der Waals surface area contributed by atoms with E-state index >= 15 is 0 Å². The van der Waals surface area contributed by atoms with Gasteiger partial charge in [-0.25, -0.2) is 4.79 Å². The second-order valence-corrected chi connectivity index (χ2v) is 3.32. The van der Waals surface area contributed by atoms with Gasteiger partial charge in [0.25, 0.3) is 0 Å². The molecule has 5 nitrogen and oxygen atoms in total. The van der Waals surface area contributed by atoms with Gasteiger partial charge in [0, 0.05) is 5.69 Å². The second-order valence-electron chi connectivity index (χ2n) is 3.32. The molecule has 0 unspecified atom stereocenters. The van der Waals surface area contributed by atoms with Crippen molar-refractivity contribution in [2.24, 2.45) is 0 Å². The average molecular weight is 205 g/mol. The number of aromatic nitrogens is 2. The van der Waals surface area contributed by atoms with E-state index in [-0.39, 0.29) is 11.3 Å². The summed E-state index contributed by atoms with van der Waals surface area (Å²) in [4.78, 5) is 11.5. The van der Waals surface area contributed by atoms with Gasteiger partial charge in [-0.05, 0) is 26.0 Å². The summed E-state index contributed by atoms with van der Waals surface area (Å²) in [5.41, 5.74) is 0.437. The van der Waals surface area contributed by atoms with E-state index in [0.29, 0.717) is 11.5 Å². The molecule has 0 aromatic carbocycles. The molecule has 0 fully saturated rings. The van der Waals surface area contributed by atoms with Gasteiger partial charge in [0.15, 0.2) is 0 Å². The van der Waals surface area contributed by atoms with Crippen molar-refractivity contribution in [2.45, 2.75) is 13.8 Å². The van der Waals surface area contributed by atoms with Gasteiger partial charge in [-0.1, -0.05) is 5.75 Å². The Labute approximate surface area is 85.4 Å². The number of aromatic amines is 1. The van der Waals surface area contributed by atoms with Gasteiger partial charge in [-0.15, -0.1) is 0 Å². The van der Waals surface area contributed by atoms with Gasteiger partial charge in [-0.3, -0.25) is 5.10 Å². The summed E-state index contributed by atoms with van der Waals surface area (Å²) in [7, 11) is 0. The zero-order valence-corrected chi connectivity index (χ0v) is 8.33. The van der Waals surface area contributed by atoms with Crippen molar-refractivity contribution in [3.63, 3.8) is 0 Å². The third kappa shape index (κ3) is 1.63. The molecule has 0 bridgehead atoms. The largest absolute Gasteiger partial charge is 0.872 e. The smallest absolute Gasteiger partial charge is 0.344 e. The quantitative estimate of drug-likeness (QED) is 0.743. The van der Waals surface area contributed by atoms with Gasteiger partial charge in [0.2, 0.25) is 0 Å². The molecule has 0 aliphatic heterocycles. The van der Waals surface area contributed by atoms with Crippen LogP contribution in [0.25, 0.3) is 11.3 Å². The van der Waals surface area contributed by atoms with Crippen LogP contribution in [0, 0.1) is 13.8 Å². The molecular formula is C10H9N2O3-. The maximum Gasteiger partial charge on any atom is 0.344 e. The summed E-state index contributed by atoms with van der Waals surface area (Å²) in [6, 6.07) is 2.91. The first-order chi connectivity index (χ1) is 7.08. The third-order valence-electron chi connectivity index (χ3n) is 2.00. The highest BCUT2D eigenvalue weighted by molar-refractivity contribution is 5.64. The number of aryl methyl sites for hydroxylation is 2. The van der Waals surface area contributed by atoms with Crippen molar-refractivity contribution < 1.29 is 9.52 Å². The Bertz CT molecular complexity index is 554. The molecule has 0 radical (unpaired) electrons. The normalized spacial score (nSPS) is 10.5. The fraction of sp³-hybridized carbons (Fsp3) is 0.200. The number of hydrogen-bond acceptors (Lipinski definition) is 4. The van der Waals surface area contributed by atoms with E-state index in [0.717, 1.165) is 5.69 Å². The lowest BCUT2D eigenvalue weighted by Gasteiger charge is -2.09. The van der Waals surface area contributed by atoms with Crippen LogP contribution in [0.4, 0.5) is 0 Å². The first-order valence-electron chi connectivity index (χ1n) is 4.42. The zero-order valence-electron chi connectivity index (χ0n) is 8.33. The number of nitrogens with one attached hydrogen (secondary N) is 1. The maximum absolute atomic E-state index is 11.6. The lowest BCUT2D eigenvalue weighted by Crippen LogP contribution is -2.08. The molecule has 1 N–H and O–H groups in total. The minimum absolute atomic E-state index is 0.0232. The van der Waals surface area contributed by atoms with E-state index in [1.165, 1.54) is 6.07 Å². The highest BCUT2D eigenvalue weighted by Gasteiger charge is 2.09. The van der Waals surface area contributed by atoms with Crippen molar-refractivity contribution in [3.05, 3.63) is 34.0 Å². The summed E-state index contributed by atoms with van der Waals surface area (Å²) < 4.78 is 4.84. The molecule has 15 heavy (non-hydrogen) atoms. The topological polar surface area (TPSA) is 81.9 Å². The third-order valence-corrected chi connectivity index (χ3v) is 2.00. The van der Waals surface area contributed by atoms with Crippen molar-refractivity contribution in [1.82, 2.24) is 10.2 Å². The first-order valence-corrected chi connectivity index (χ1v) is 4.42. The molecule has 0 spiro atoms. The molecule has 5 heteroatoms. The highest BCUT2D eigenvalue weighted by atomic mass is 16.4.